The van der Waals surface area contributed by atoms with E-state index in [1.165, 1.54) is 12.8 Å². The molecule has 0 amide bonds. The third-order valence-corrected chi connectivity index (χ3v) is 5.28. The number of aliphatic carboxylic acids is 1. The van der Waals surface area contributed by atoms with E-state index in [1.807, 2.05) is 0 Å². The third kappa shape index (κ3) is 17.1. The van der Waals surface area contributed by atoms with E-state index in [9.17, 15) is 23.8 Å². The van der Waals surface area contributed by atoms with Crippen LogP contribution >= 0.6 is 7.82 Å². The van der Waals surface area contributed by atoms with E-state index >= 15 is 0 Å². The van der Waals surface area contributed by atoms with Crippen LogP contribution in [0.5, 0.6) is 0 Å². The number of rotatable bonds is 20. The van der Waals surface area contributed by atoms with Crippen LogP contribution in [-0.4, -0.2) is 59.9 Å². The lowest BCUT2D eigenvalue weighted by Crippen LogP contribution is -2.34. The van der Waals surface area contributed by atoms with Gasteiger partial charge in [-0.2, -0.15) is 0 Å². The van der Waals surface area contributed by atoms with Crippen molar-refractivity contribution in [3.05, 3.63) is 0 Å². The van der Waals surface area contributed by atoms with Crippen molar-refractivity contribution in [2.75, 3.05) is 19.8 Å². The van der Waals surface area contributed by atoms with Crippen LogP contribution in [0.4, 0.5) is 0 Å². The van der Waals surface area contributed by atoms with Crippen LogP contribution in [0.15, 0.2) is 0 Å². The molecule has 0 fully saturated rings. The molecule has 0 radical (unpaired) electrons. The topological polar surface area (TPSA) is 172 Å². The second kappa shape index (κ2) is 18.0. The molecule has 0 spiro atoms. The van der Waals surface area contributed by atoms with Gasteiger partial charge in [0.1, 0.15) is 12.6 Å². The van der Waals surface area contributed by atoms with Crippen LogP contribution in [0, 0.1) is 0 Å². The van der Waals surface area contributed by atoms with E-state index in [1.54, 1.807) is 6.92 Å². The minimum absolute atomic E-state index is 0.161. The molecule has 0 aliphatic rings. The van der Waals surface area contributed by atoms with Crippen molar-refractivity contribution in [3.8, 4) is 0 Å². The van der Waals surface area contributed by atoms with E-state index in [0.717, 1.165) is 25.7 Å². The zero-order valence-corrected chi connectivity index (χ0v) is 19.9. The Morgan fingerprint density at radius 1 is 0.844 bits per heavy atom. The smallest absolute Gasteiger partial charge is 0.472 e. The summed E-state index contributed by atoms with van der Waals surface area (Å²) < 4.78 is 31.4. The summed E-state index contributed by atoms with van der Waals surface area (Å²) >= 11 is 0. The molecule has 0 aromatic rings. The molecule has 0 saturated carbocycles. The van der Waals surface area contributed by atoms with Crippen LogP contribution in [-0.2, 0) is 37.5 Å². The zero-order valence-electron chi connectivity index (χ0n) is 19.0. The van der Waals surface area contributed by atoms with Gasteiger partial charge in [-0.05, 0) is 12.8 Å². The van der Waals surface area contributed by atoms with Crippen LogP contribution in [0.1, 0.15) is 78.1 Å². The Morgan fingerprint density at radius 2 is 1.44 bits per heavy atom. The Labute approximate surface area is 189 Å². The van der Waals surface area contributed by atoms with Gasteiger partial charge in [0, 0.05) is 12.8 Å². The summed E-state index contributed by atoms with van der Waals surface area (Å²) in [5, 5.41) is 8.68. The first kappa shape index (κ1) is 30.5. The molecule has 12 heteroatoms. The van der Waals surface area contributed by atoms with Gasteiger partial charge in [-0.3, -0.25) is 23.4 Å². The number of carboxylic acid groups (broad SMARTS) is 1. The molecule has 0 aromatic carbocycles. The highest BCUT2D eigenvalue weighted by Crippen LogP contribution is 2.43. The molecule has 0 rings (SSSR count). The van der Waals surface area contributed by atoms with Gasteiger partial charge in [-0.1, -0.05) is 52.4 Å². The third-order valence-electron chi connectivity index (χ3n) is 4.32. The van der Waals surface area contributed by atoms with E-state index in [0.29, 0.717) is 12.8 Å². The maximum Gasteiger partial charge on any atom is 0.472 e. The van der Waals surface area contributed by atoms with E-state index < -0.39 is 51.1 Å². The number of carbonyl (C=O) groups excluding carboxylic acids is 2. The fourth-order valence-electron chi connectivity index (χ4n) is 2.51. The van der Waals surface area contributed by atoms with Gasteiger partial charge in [0.15, 0.2) is 6.10 Å². The number of carboxylic acids is 1. The molecule has 188 valence electrons. The molecule has 0 saturated heterocycles. The number of carbonyl (C=O) groups is 3. The molecular weight excluding hydrogens is 445 g/mol. The highest BCUT2D eigenvalue weighted by Gasteiger charge is 2.28. The van der Waals surface area contributed by atoms with Crippen molar-refractivity contribution in [3.63, 3.8) is 0 Å². The molecule has 11 nitrogen and oxygen atoms in total. The highest BCUT2D eigenvalue weighted by atomic mass is 31.2. The molecular formula is C20H38NO10P. The molecule has 4 N–H and O–H groups in total. The Bertz CT molecular complexity index is 601. The number of ether oxygens (including phenoxy) is 2. The first-order valence-corrected chi connectivity index (χ1v) is 12.6. The van der Waals surface area contributed by atoms with E-state index in [-0.39, 0.29) is 19.4 Å². The minimum Gasteiger partial charge on any atom is -0.480 e. The Morgan fingerprint density at radius 3 is 2.03 bits per heavy atom. The average Bonchev–Trinajstić information content (AvgIpc) is 2.73. The maximum atomic E-state index is 12.1. The summed E-state index contributed by atoms with van der Waals surface area (Å²) in [4.78, 5) is 44.0. The summed E-state index contributed by atoms with van der Waals surface area (Å²) in [5.74, 6) is -2.46. The van der Waals surface area contributed by atoms with Gasteiger partial charge in [0.25, 0.3) is 0 Å². The Balaban J connectivity index is 4.56. The summed E-state index contributed by atoms with van der Waals surface area (Å²) in [5.41, 5.74) is 5.21. The lowest BCUT2D eigenvalue weighted by Gasteiger charge is -2.20. The lowest BCUT2D eigenvalue weighted by atomic mass is 10.1. The van der Waals surface area contributed by atoms with Crippen molar-refractivity contribution in [2.45, 2.75) is 90.2 Å². The summed E-state index contributed by atoms with van der Waals surface area (Å²) in [6.07, 6.45) is 6.98. The fraction of sp³-hybridized carbons (Fsp3) is 0.850. The standard InChI is InChI=1S/C20H38NO10P/c1-3-5-6-7-8-9-10-12-19(23)31-16(13-28-18(22)11-4-2)14-29-32(26,27)30-15-17(21)20(24)25/h16-17H,3-15,21H2,1-2H3,(H,24,25)(H,26,27). The molecule has 32 heavy (non-hydrogen) atoms. The number of esters is 2. The number of phosphoric ester groups is 1. The van der Waals surface area contributed by atoms with E-state index in [2.05, 4.69) is 11.4 Å². The number of phosphoric acid groups is 1. The highest BCUT2D eigenvalue weighted by molar-refractivity contribution is 7.47. The lowest BCUT2D eigenvalue weighted by molar-refractivity contribution is -0.161. The van der Waals surface area contributed by atoms with E-state index in [4.69, 9.17) is 24.8 Å². The number of nitrogens with two attached hydrogens (primary N) is 1. The van der Waals surface area contributed by atoms with Crippen molar-refractivity contribution in [1.82, 2.24) is 0 Å². The molecule has 3 atom stereocenters. The quantitative estimate of drug-likeness (QED) is 0.132. The minimum atomic E-state index is -4.66. The van der Waals surface area contributed by atoms with Crippen molar-refractivity contribution < 1.29 is 47.5 Å². The number of hydrogen-bond donors (Lipinski definition) is 3. The second-order valence-corrected chi connectivity index (χ2v) is 8.87. The number of unbranched alkanes of at least 4 members (excludes halogenated alkanes) is 6. The Hall–Kier alpha value is -1.52. The zero-order chi connectivity index (χ0) is 24.4. The summed E-state index contributed by atoms with van der Waals surface area (Å²) in [6.45, 7) is 2.25. The van der Waals surface area contributed by atoms with Gasteiger partial charge in [-0.15, -0.1) is 0 Å². The molecule has 3 unspecified atom stereocenters. The van der Waals surface area contributed by atoms with Crippen molar-refractivity contribution in [1.29, 1.82) is 0 Å². The Kier molecular flexibility index (Phi) is 17.1. The molecule has 0 heterocycles. The van der Waals surface area contributed by atoms with Gasteiger partial charge < -0.3 is 25.2 Å². The molecule has 0 aliphatic carbocycles. The predicted molar refractivity (Wildman–Crippen MR) is 116 cm³/mol. The maximum absolute atomic E-state index is 12.1. The van der Waals surface area contributed by atoms with Crippen LogP contribution in [0.2, 0.25) is 0 Å². The first-order chi connectivity index (χ1) is 15.1. The largest absolute Gasteiger partial charge is 0.480 e. The molecule has 0 aromatic heterocycles. The summed E-state index contributed by atoms with van der Waals surface area (Å²) in [7, 11) is -4.66. The van der Waals surface area contributed by atoms with Gasteiger partial charge in [-0.25, -0.2) is 4.57 Å². The van der Waals surface area contributed by atoms with Crippen LogP contribution < -0.4 is 5.73 Å². The van der Waals surface area contributed by atoms with Gasteiger partial charge >= 0.3 is 25.7 Å². The summed E-state index contributed by atoms with van der Waals surface area (Å²) in [6, 6.07) is -1.51. The molecule has 0 aliphatic heterocycles. The first-order valence-electron chi connectivity index (χ1n) is 11.1. The van der Waals surface area contributed by atoms with Crippen molar-refractivity contribution >= 4 is 25.7 Å². The fourth-order valence-corrected chi connectivity index (χ4v) is 3.29. The molecule has 0 bridgehead atoms. The number of hydrogen-bond acceptors (Lipinski definition) is 9. The van der Waals surface area contributed by atoms with Gasteiger partial charge in [0.2, 0.25) is 0 Å². The monoisotopic (exact) mass is 483 g/mol. The van der Waals surface area contributed by atoms with Gasteiger partial charge in [0.05, 0.1) is 13.2 Å². The van der Waals surface area contributed by atoms with Crippen molar-refractivity contribution in [2.24, 2.45) is 5.73 Å². The predicted octanol–water partition coefficient (Wildman–Crippen LogP) is 2.93. The SMILES string of the molecule is CCCCCCCCCC(=O)OC(COC(=O)CCC)COP(=O)(O)OCC(N)C(=O)O. The normalized spacial score (nSPS) is 14.9. The average molecular weight is 483 g/mol. The van der Waals surface area contributed by atoms with Crippen LogP contribution in [0.3, 0.4) is 0 Å². The second-order valence-electron chi connectivity index (χ2n) is 7.42. The van der Waals surface area contributed by atoms with Crippen LogP contribution in [0.25, 0.3) is 0 Å².